The molecule has 3 nitrogen and oxygen atoms in total. The molecule has 1 heterocycles. The molecular formula is C8H12N2OS. The van der Waals surface area contributed by atoms with E-state index in [0.29, 0.717) is 6.04 Å². The third-order valence-corrected chi connectivity index (χ3v) is 3.17. The molecule has 1 aliphatic rings. The summed E-state index contributed by atoms with van der Waals surface area (Å²) in [4.78, 5) is 7.37. The van der Waals surface area contributed by atoms with Gasteiger partial charge in [-0.2, -0.15) is 0 Å². The van der Waals surface area contributed by atoms with Gasteiger partial charge in [-0.1, -0.05) is 11.3 Å². The zero-order chi connectivity index (χ0) is 8.55. The van der Waals surface area contributed by atoms with Gasteiger partial charge in [0.05, 0.1) is 11.5 Å². The highest BCUT2D eigenvalue weighted by Crippen LogP contribution is 2.32. The number of aliphatic hydroxyl groups is 1. The molecule has 0 aromatic carbocycles. The van der Waals surface area contributed by atoms with E-state index in [2.05, 4.69) is 16.9 Å². The van der Waals surface area contributed by atoms with Crippen LogP contribution in [0.5, 0.6) is 0 Å². The monoisotopic (exact) mass is 184 g/mol. The summed E-state index contributed by atoms with van der Waals surface area (Å²) in [6.45, 7) is 0.107. The van der Waals surface area contributed by atoms with Crippen LogP contribution in [0.25, 0.3) is 0 Å². The van der Waals surface area contributed by atoms with Gasteiger partial charge in [-0.25, -0.2) is 4.98 Å². The second kappa shape index (κ2) is 3.03. The largest absolute Gasteiger partial charge is 0.391 e. The van der Waals surface area contributed by atoms with E-state index in [-0.39, 0.29) is 6.61 Å². The van der Waals surface area contributed by atoms with Crippen LogP contribution in [0.4, 0.5) is 5.13 Å². The van der Waals surface area contributed by atoms with Gasteiger partial charge in [-0.3, -0.25) is 0 Å². The average Bonchev–Trinajstić information content (AvgIpc) is 2.82. The molecule has 0 aliphatic heterocycles. The summed E-state index contributed by atoms with van der Waals surface area (Å²) in [5, 5.41) is 9.87. The standard InChI is InChI=1S/C8H12N2OS/c1-10(6-2-3-6)8-9-4-7(5-11)12-8/h4,6,11H,2-3,5H2,1H3. The molecule has 1 aromatic rings. The van der Waals surface area contributed by atoms with Gasteiger partial charge in [-0.05, 0) is 12.8 Å². The lowest BCUT2D eigenvalue weighted by atomic mass is 10.6. The number of hydrogen-bond acceptors (Lipinski definition) is 4. The zero-order valence-corrected chi connectivity index (χ0v) is 7.84. The minimum Gasteiger partial charge on any atom is -0.391 e. The van der Waals surface area contributed by atoms with Crippen molar-refractivity contribution in [1.82, 2.24) is 4.98 Å². The molecule has 66 valence electrons. The van der Waals surface area contributed by atoms with Crippen molar-refractivity contribution in [3.8, 4) is 0 Å². The van der Waals surface area contributed by atoms with Gasteiger partial charge in [-0.15, -0.1) is 0 Å². The van der Waals surface area contributed by atoms with Crippen molar-refractivity contribution in [1.29, 1.82) is 0 Å². The fourth-order valence-corrected chi connectivity index (χ4v) is 1.95. The predicted octanol–water partition coefficient (Wildman–Crippen LogP) is 1.23. The van der Waals surface area contributed by atoms with Crippen LogP contribution >= 0.6 is 11.3 Å². The molecule has 12 heavy (non-hydrogen) atoms. The van der Waals surface area contributed by atoms with E-state index in [1.54, 1.807) is 17.5 Å². The van der Waals surface area contributed by atoms with Crippen LogP contribution < -0.4 is 4.90 Å². The molecule has 4 heteroatoms. The van der Waals surface area contributed by atoms with Crippen LogP contribution in [-0.4, -0.2) is 23.2 Å². The maximum Gasteiger partial charge on any atom is 0.185 e. The quantitative estimate of drug-likeness (QED) is 0.767. The van der Waals surface area contributed by atoms with Crippen LogP contribution in [-0.2, 0) is 6.61 Å². The summed E-state index contributed by atoms with van der Waals surface area (Å²) in [6.07, 6.45) is 4.31. The summed E-state index contributed by atoms with van der Waals surface area (Å²) in [7, 11) is 2.07. The first-order chi connectivity index (χ1) is 5.81. The Labute approximate surface area is 75.7 Å². The number of aliphatic hydroxyl groups excluding tert-OH is 1. The lowest BCUT2D eigenvalue weighted by molar-refractivity contribution is 0.285. The molecule has 1 saturated carbocycles. The van der Waals surface area contributed by atoms with Gasteiger partial charge in [0.25, 0.3) is 0 Å². The molecule has 0 bridgehead atoms. The third kappa shape index (κ3) is 1.44. The fourth-order valence-electron chi connectivity index (χ4n) is 1.15. The van der Waals surface area contributed by atoms with Crippen molar-refractivity contribution in [2.45, 2.75) is 25.5 Å². The molecule has 0 amide bonds. The van der Waals surface area contributed by atoms with Crippen molar-refractivity contribution in [2.75, 3.05) is 11.9 Å². The van der Waals surface area contributed by atoms with Gasteiger partial charge in [0.15, 0.2) is 5.13 Å². The van der Waals surface area contributed by atoms with E-state index in [0.717, 1.165) is 10.0 Å². The minimum atomic E-state index is 0.107. The van der Waals surface area contributed by atoms with E-state index in [4.69, 9.17) is 5.11 Å². The lowest BCUT2D eigenvalue weighted by Crippen LogP contribution is -2.18. The Kier molecular flexibility index (Phi) is 2.02. The van der Waals surface area contributed by atoms with Gasteiger partial charge < -0.3 is 10.0 Å². The Balaban J connectivity index is 2.10. The summed E-state index contributed by atoms with van der Waals surface area (Å²) >= 11 is 1.57. The second-order valence-corrected chi connectivity index (χ2v) is 4.20. The van der Waals surface area contributed by atoms with Crippen molar-refractivity contribution in [3.63, 3.8) is 0 Å². The Morgan fingerprint density at radius 3 is 3.00 bits per heavy atom. The molecule has 1 fully saturated rings. The van der Waals surface area contributed by atoms with E-state index in [1.165, 1.54) is 12.8 Å². The van der Waals surface area contributed by atoms with Gasteiger partial charge in [0.2, 0.25) is 0 Å². The zero-order valence-electron chi connectivity index (χ0n) is 7.03. The van der Waals surface area contributed by atoms with E-state index in [1.807, 2.05) is 0 Å². The fraction of sp³-hybridized carbons (Fsp3) is 0.625. The van der Waals surface area contributed by atoms with Gasteiger partial charge >= 0.3 is 0 Å². The van der Waals surface area contributed by atoms with Crippen molar-refractivity contribution in [2.24, 2.45) is 0 Å². The molecule has 2 rings (SSSR count). The lowest BCUT2D eigenvalue weighted by Gasteiger charge is -2.13. The number of aromatic nitrogens is 1. The number of hydrogen-bond donors (Lipinski definition) is 1. The first-order valence-corrected chi connectivity index (χ1v) is 4.91. The number of anilines is 1. The Bertz CT molecular complexity index is 270. The molecule has 0 unspecified atom stereocenters. The maximum absolute atomic E-state index is 8.84. The Morgan fingerprint density at radius 2 is 2.50 bits per heavy atom. The van der Waals surface area contributed by atoms with E-state index in [9.17, 15) is 0 Å². The smallest absolute Gasteiger partial charge is 0.185 e. The number of thiazole rings is 1. The van der Waals surface area contributed by atoms with Crippen LogP contribution in [0, 0.1) is 0 Å². The summed E-state index contributed by atoms with van der Waals surface area (Å²) in [6, 6.07) is 0.697. The third-order valence-electron chi connectivity index (χ3n) is 2.09. The predicted molar refractivity (Wildman–Crippen MR) is 49.5 cm³/mol. The molecule has 0 radical (unpaired) electrons. The molecule has 1 N–H and O–H groups in total. The summed E-state index contributed by atoms with van der Waals surface area (Å²) < 4.78 is 0. The van der Waals surface area contributed by atoms with Crippen LogP contribution in [0.2, 0.25) is 0 Å². The van der Waals surface area contributed by atoms with Crippen LogP contribution in [0.15, 0.2) is 6.20 Å². The van der Waals surface area contributed by atoms with Gasteiger partial charge in [0.1, 0.15) is 0 Å². The van der Waals surface area contributed by atoms with Crippen molar-refractivity contribution >= 4 is 16.5 Å². The van der Waals surface area contributed by atoms with E-state index < -0.39 is 0 Å². The average molecular weight is 184 g/mol. The van der Waals surface area contributed by atoms with Crippen molar-refractivity contribution < 1.29 is 5.11 Å². The molecular weight excluding hydrogens is 172 g/mol. The summed E-state index contributed by atoms with van der Waals surface area (Å²) in [5.41, 5.74) is 0. The maximum atomic E-state index is 8.84. The Morgan fingerprint density at radius 1 is 1.75 bits per heavy atom. The van der Waals surface area contributed by atoms with Crippen LogP contribution in [0.3, 0.4) is 0 Å². The van der Waals surface area contributed by atoms with Crippen molar-refractivity contribution in [3.05, 3.63) is 11.1 Å². The normalized spacial score (nSPS) is 16.5. The highest BCUT2D eigenvalue weighted by molar-refractivity contribution is 7.15. The highest BCUT2D eigenvalue weighted by atomic mass is 32.1. The van der Waals surface area contributed by atoms with Crippen LogP contribution in [0.1, 0.15) is 17.7 Å². The Hall–Kier alpha value is -0.610. The number of nitrogens with zero attached hydrogens (tertiary/aromatic N) is 2. The molecule has 0 spiro atoms. The topological polar surface area (TPSA) is 36.4 Å². The minimum absolute atomic E-state index is 0.107. The van der Waals surface area contributed by atoms with E-state index >= 15 is 0 Å². The molecule has 1 aromatic heterocycles. The summed E-state index contributed by atoms with van der Waals surface area (Å²) in [5.74, 6) is 0. The number of rotatable bonds is 3. The molecule has 0 saturated heterocycles. The first-order valence-electron chi connectivity index (χ1n) is 4.09. The molecule has 0 atom stereocenters. The second-order valence-electron chi connectivity index (χ2n) is 3.11. The highest BCUT2D eigenvalue weighted by Gasteiger charge is 2.27. The SMILES string of the molecule is CN(c1ncc(CO)s1)C1CC1. The first kappa shape index (κ1) is 8.01. The van der Waals surface area contributed by atoms with Gasteiger partial charge in [0, 0.05) is 19.3 Å². The molecule has 1 aliphatic carbocycles.